The molecule has 25 heavy (non-hydrogen) atoms. The molecule has 2 rings (SSSR count). The monoisotopic (exact) mass is 445 g/mol. The van der Waals surface area contributed by atoms with E-state index < -0.39 is 0 Å². The van der Waals surface area contributed by atoms with Crippen LogP contribution >= 0.6 is 39.1 Å². The predicted octanol–water partition coefficient (Wildman–Crippen LogP) is 5.85. The highest BCUT2D eigenvalue weighted by molar-refractivity contribution is 9.10. The van der Waals surface area contributed by atoms with Gasteiger partial charge in [0.2, 0.25) is 0 Å². The molecule has 0 radical (unpaired) electrons. The normalized spacial score (nSPS) is 10.9. The Balaban J connectivity index is 1.93. The first-order chi connectivity index (χ1) is 12.1. The van der Waals surface area contributed by atoms with Crippen molar-refractivity contribution in [2.45, 2.75) is 26.5 Å². The van der Waals surface area contributed by atoms with Crippen LogP contribution in [0.1, 0.15) is 24.5 Å². The van der Waals surface area contributed by atoms with Crippen LogP contribution in [0, 0.1) is 0 Å². The standard InChI is InChI=1S/C19H22BrCl2NO2/c1-2-24-9-3-8-23-12-15-10-16(20)5-7-19(15)25-13-14-4-6-17(21)11-18(14)22/h4-7,10-11,23H,2-3,8-9,12-13H2,1H3. The number of hydrogen-bond acceptors (Lipinski definition) is 3. The van der Waals surface area contributed by atoms with Gasteiger partial charge in [-0.15, -0.1) is 0 Å². The molecule has 0 spiro atoms. The van der Waals surface area contributed by atoms with Gasteiger partial charge in [-0.25, -0.2) is 0 Å². The zero-order valence-corrected chi connectivity index (χ0v) is 17.3. The first-order valence-electron chi connectivity index (χ1n) is 8.23. The van der Waals surface area contributed by atoms with Crippen LogP contribution in [0.2, 0.25) is 10.0 Å². The molecule has 0 atom stereocenters. The van der Waals surface area contributed by atoms with Crippen molar-refractivity contribution in [3.63, 3.8) is 0 Å². The Morgan fingerprint density at radius 1 is 1.08 bits per heavy atom. The lowest BCUT2D eigenvalue weighted by molar-refractivity contribution is 0.144. The summed E-state index contributed by atoms with van der Waals surface area (Å²) in [5, 5.41) is 4.65. The van der Waals surface area contributed by atoms with Crippen LogP contribution in [-0.4, -0.2) is 19.8 Å². The molecule has 0 amide bonds. The number of rotatable bonds is 10. The summed E-state index contributed by atoms with van der Waals surface area (Å²) >= 11 is 15.7. The van der Waals surface area contributed by atoms with E-state index in [-0.39, 0.29) is 0 Å². The van der Waals surface area contributed by atoms with Gasteiger partial charge in [0.05, 0.1) is 0 Å². The molecule has 0 unspecified atom stereocenters. The summed E-state index contributed by atoms with van der Waals surface area (Å²) in [4.78, 5) is 0. The third kappa shape index (κ3) is 7.16. The average molecular weight is 447 g/mol. The van der Waals surface area contributed by atoms with Crippen molar-refractivity contribution in [1.29, 1.82) is 0 Å². The van der Waals surface area contributed by atoms with Crippen molar-refractivity contribution in [3.8, 4) is 5.75 Å². The molecule has 1 N–H and O–H groups in total. The van der Waals surface area contributed by atoms with E-state index in [1.165, 1.54) is 0 Å². The molecule has 0 saturated carbocycles. The Morgan fingerprint density at radius 2 is 1.92 bits per heavy atom. The minimum atomic E-state index is 0.398. The Morgan fingerprint density at radius 3 is 2.68 bits per heavy atom. The van der Waals surface area contributed by atoms with E-state index in [0.29, 0.717) is 16.7 Å². The zero-order valence-electron chi connectivity index (χ0n) is 14.2. The van der Waals surface area contributed by atoms with Gasteiger partial charge in [0.1, 0.15) is 12.4 Å². The fourth-order valence-corrected chi connectivity index (χ4v) is 3.16. The third-order valence-electron chi connectivity index (χ3n) is 3.58. The molecule has 136 valence electrons. The van der Waals surface area contributed by atoms with E-state index in [4.69, 9.17) is 32.7 Å². The maximum Gasteiger partial charge on any atom is 0.124 e. The summed E-state index contributed by atoms with van der Waals surface area (Å²) in [5.74, 6) is 0.839. The molecular formula is C19H22BrCl2NO2. The lowest BCUT2D eigenvalue weighted by atomic mass is 10.2. The molecule has 2 aromatic carbocycles. The molecule has 0 bridgehead atoms. The van der Waals surface area contributed by atoms with Crippen molar-refractivity contribution in [1.82, 2.24) is 5.32 Å². The van der Waals surface area contributed by atoms with Crippen LogP contribution in [0.5, 0.6) is 5.75 Å². The van der Waals surface area contributed by atoms with Crippen molar-refractivity contribution >= 4 is 39.1 Å². The Hall–Kier alpha value is -0.780. The second kappa shape index (κ2) is 11.0. The van der Waals surface area contributed by atoms with E-state index in [0.717, 1.165) is 54.1 Å². The largest absolute Gasteiger partial charge is 0.489 e. The van der Waals surface area contributed by atoms with Crippen molar-refractivity contribution in [2.24, 2.45) is 0 Å². The molecule has 0 aliphatic rings. The molecule has 6 heteroatoms. The van der Waals surface area contributed by atoms with Crippen LogP contribution in [0.15, 0.2) is 40.9 Å². The fraction of sp³-hybridized carbons (Fsp3) is 0.368. The van der Waals surface area contributed by atoms with Crippen LogP contribution < -0.4 is 10.1 Å². The second-order valence-electron chi connectivity index (χ2n) is 5.50. The smallest absolute Gasteiger partial charge is 0.124 e. The average Bonchev–Trinajstić information content (AvgIpc) is 2.58. The Labute approximate surface area is 167 Å². The predicted molar refractivity (Wildman–Crippen MR) is 108 cm³/mol. The number of halogens is 3. The van der Waals surface area contributed by atoms with Gasteiger partial charge in [-0.05, 0) is 50.2 Å². The van der Waals surface area contributed by atoms with Gasteiger partial charge in [0.25, 0.3) is 0 Å². The number of benzene rings is 2. The summed E-state index contributed by atoms with van der Waals surface area (Å²) < 4.78 is 12.3. The first kappa shape index (κ1) is 20.5. The van der Waals surface area contributed by atoms with Crippen LogP contribution in [-0.2, 0) is 17.9 Å². The van der Waals surface area contributed by atoms with Crippen LogP contribution in [0.3, 0.4) is 0 Å². The summed E-state index contributed by atoms with van der Waals surface area (Å²) in [6.07, 6.45) is 0.985. The molecule has 0 aliphatic heterocycles. The summed E-state index contributed by atoms with van der Waals surface area (Å²) in [6, 6.07) is 11.4. The Kier molecular flexibility index (Phi) is 9.07. The lowest BCUT2D eigenvalue weighted by Crippen LogP contribution is -2.17. The van der Waals surface area contributed by atoms with E-state index in [9.17, 15) is 0 Å². The maximum absolute atomic E-state index is 6.21. The molecule has 2 aromatic rings. The van der Waals surface area contributed by atoms with Gasteiger partial charge < -0.3 is 14.8 Å². The highest BCUT2D eigenvalue weighted by Gasteiger charge is 2.07. The van der Waals surface area contributed by atoms with Gasteiger partial charge in [-0.3, -0.25) is 0 Å². The van der Waals surface area contributed by atoms with Gasteiger partial charge in [-0.1, -0.05) is 45.2 Å². The topological polar surface area (TPSA) is 30.5 Å². The summed E-state index contributed by atoms with van der Waals surface area (Å²) in [7, 11) is 0. The highest BCUT2D eigenvalue weighted by Crippen LogP contribution is 2.26. The number of ether oxygens (including phenoxy) is 2. The van der Waals surface area contributed by atoms with Crippen molar-refractivity contribution < 1.29 is 9.47 Å². The van der Waals surface area contributed by atoms with Gasteiger partial charge in [0.15, 0.2) is 0 Å². The summed E-state index contributed by atoms with van der Waals surface area (Å²) in [5.41, 5.74) is 2.00. The maximum atomic E-state index is 6.21. The first-order valence-corrected chi connectivity index (χ1v) is 9.78. The van der Waals surface area contributed by atoms with E-state index in [2.05, 4.69) is 27.3 Å². The molecule has 0 saturated heterocycles. The molecule has 0 aliphatic carbocycles. The zero-order chi connectivity index (χ0) is 18.1. The third-order valence-corrected chi connectivity index (χ3v) is 4.66. The molecule has 0 fully saturated rings. The van der Waals surface area contributed by atoms with Crippen molar-refractivity contribution in [3.05, 3.63) is 62.0 Å². The summed E-state index contributed by atoms with van der Waals surface area (Å²) in [6.45, 7) is 5.57. The fourth-order valence-electron chi connectivity index (χ4n) is 2.29. The number of nitrogens with one attached hydrogen (secondary N) is 1. The molecule has 3 nitrogen and oxygen atoms in total. The Bertz CT molecular complexity index is 682. The van der Waals surface area contributed by atoms with Crippen LogP contribution in [0.25, 0.3) is 0 Å². The van der Waals surface area contributed by atoms with E-state index >= 15 is 0 Å². The van der Waals surface area contributed by atoms with E-state index in [1.807, 2.05) is 31.2 Å². The molecule has 0 heterocycles. The minimum Gasteiger partial charge on any atom is -0.489 e. The SMILES string of the molecule is CCOCCCNCc1cc(Br)ccc1OCc1ccc(Cl)cc1Cl. The van der Waals surface area contributed by atoms with Gasteiger partial charge in [-0.2, -0.15) is 0 Å². The van der Waals surface area contributed by atoms with Crippen molar-refractivity contribution in [2.75, 3.05) is 19.8 Å². The van der Waals surface area contributed by atoms with Crippen LogP contribution in [0.4, 0.5) is 0 Å². The van der Waals surface area contributed by atoms with Gasteiger partial charge in [0, 0.05) is 45.4 Å². The van der Waals surface area contributed by atoms with E-state index in [1.54, 1.807) is 6.07 Å². The van der Waals surface area contributed by atoms with Gasteiger partial charge >= 0.3 is 0 Å². The minimum absolute atomic E-state index is 0.398. The highest BCUT2D eigenvalue weighted by atomic mass is 79.9. The number of hydrogen-bond donors (Lipinski definition) is 1. The quantitative estimate of drug-likeness (QED) is 0.464. The molecular weight excluding hydrogens is 425 g/mol. The second-order valence-corrected chi connectivity index (χ2v) is 7.26. The molecule has 0 aromatic heterocycles. The lowest BCUT2D eigenvalue weighted by Gasteiger charge is -2.14.